The van der Waals surface area contributed by atoms with Crippen LogP contribution in [-0.2, 0) is 14.5 Å². The van der Waals surface area contributed by atoms with Crippen molar-refractivity contribution >= 4 is 36.8 Å². The average molecular weight is 395 g/mol. The molecule has 0 aromatic rings. The van der Waals surface area contributed by atoms with Crippen LogP contribution in [-0.4, -0.2) is 46.3 Å². The quantitative estimate of drug-likeness (QED) is 0.450. The van der Waals surface area contributed by atoms with E-state index in [4.69, 9.17) is 4.43 Å². The molecule has 0 heterocycles. The summed E-state index contributed by atoms with van der Waals surface area (Å²) in [7, 11) is -5.98. The maximum Gasteiger partial charge on any atom is 1.00 e. The van der Waals surface area contributed by atoms with E-state index in [1.165, 1.54) is 0 Å². The monoisotopic (exact) mass is 396 g/mol. The third-order valence-corrected chi connectivity index (χ3v) is 10.4. The third kappa shape index (κ3) is 12.4. The summed E-state index contributed by atoms with van der Waals surface area (Å²) in [5, 5.41) is 0.878. The molecule has 4 nitrogen and oxygen atoms in total. The first-order chi connectivity index (χ1) is 6.81. The van der Waals surface area contributed by atoms with Crippen molar-refractivity contribution in [3.63, 3.8) is 0 Å². The molecule has 0 saturated carbocycles. The molecule has 0 bridgehead atoms. The molecule has 17 heavy (non-hydrogen) atoms. The summed E-state index contributed by atoms with van der Waals surface area (Å²) in [6, 6.07) is 0. The molecule has 8 heteroatoms. The van der Waals surface area contributed by atoms with Gasteiger partial charge in [0.1, 0.15) is 0 Å². The van der Waals surface area contributed by atoms with Crippen molar-refractivity contribution in [2.45, 2.75) is 34.5 Å². The largest absolute Gasteiger partial charge is 1.00 e. The van der Waals surface area contributed by atoms with E-state index in [0.717, 1.165) is 9.00 Å². The molecule has 0 aliphatic carbocycles. The first-order valence-corrected chi connectivity index (χ1v) is 20.0. The predicted octanol–water partition coefficient (Wildman–Crippen LogP) is -0.852. The minimum absolute atomic E-state index is 0. The van der Waals surface area contributed by atoms with Gasteiger partial charge in [0.05, 0.1) is 0 Å². The van der Waals surface area contributed by atoms with E-state index in [0.29, 0.717) is 6.61 Å². The second-order valence-electron chi connectivity index (χ2n) is 5.79. The van der Waals surface area contributed by atoms with Crippen LogP contribution in [0.3, 0.4) is 0 Å². The van der Waals surface area contributed by atoms with Crippen LogP contribution in [0.1, 0.15) is 0 Å². The maximum absolute atomic E-state index is 10.8. The van der Waals surface area contributed by atoms with Gasteiger partial charge in [-0.15, -0.1) is 0 Å². The van der Waals surface area contributed by atoms with E-state index in [1.807, 2.05) is 19.6 Å². The van der Waals surface area contributed by atoms with Gasteiger partial charge in [-0.25, -0.2) is 0 Å². The molecule has 0 radical (unpaired) electrons. The fraction of sp³-hybridized carbons (Fsp3) is 0.778. The van der Waals surface area contributed by atoms with Gasteiger partial charge in [0.25, 0.3) is 0 Å². The van der Waals surface area contributed by atoms with Gasteiger partial charge in [-0.1, -0.05) is 0 Å². The van der Waals surface area contributed by atoms with Crippen molar-refractivity contribution in [2.75, 3.05) is 6.61 Å². The Labute approximate surface area is 132 Å². The molecule has 0 aromatic heterocycles. The van der Waals surface area contributed by atoms with Crippen molar-refractivity contribution in [3.8, 4) is 0 Å². The summed E-state index contributed by atoms with van der Waals surface area (Å²) >= 11 is -2.55. The van der Waals surface area contributed by atoms with E-state index in [-0.39, 0.29) is 29.6 Å². The number of rotatable bonds is 5. The molecule has 0 amide bonds. The van der Waals surface area contributed by atoms with Crippen LogP contribution in [0, 0.1) is 0 Å². The van der Waals surface area contributed by atoms with Crippen LogP contribution in [0.4, 0.5) is 0 Å². The van der Waals surface area contributed by atoms with E-state index < -0.39 is 36.8 Å². The summed E-state index contributed by atoms with van der Waals surface area (Å²) in [4.78, 5) is 6.21. The van der Waals surface area contributed by atoms with Gasteiger partial charge in [-0.3, -0.25) is 0 Å². The molecule has 0 atom stereocenters. The maximum atomic E-state index is 10.8. The minimum Gasteiger partial charge on any atom is 1.00 e. The SMILES string of the molecule is C[Si](C)(C)OC/[C](=C/S(=O)(=O)[O-])[Sn]([CH3])([CH3])[CH3].[Na+]. The summed E-state index contributed by atoms with van der Waals surface area (Å²) in [6.07, 6.45) is 0. The van der Waals surface area contributed by atoms with Crippen molar-refractivity contribution in [1.82, 2.24) is 0 Å². The Kier molecular flexibility index (Phi) is 9.14. The van der Waals surface area contributed by atoms with Crippen molar-refractivity contribution in [2.24, 2.45) is 0 Å². The Morgan fingerprint density at radius 3 is 1.94 bits per heavy atom. The Morgan fingerprint density at radius 1 is 1.29 bits per heavy atom. The third-order valence-electron chi connectivity index (χ3n) is 1.91. The van der Waals surface area contributed by atoms with Gasteiger partial charge in [0.15, 0.2) is 0 Å². The topological polar surface area (TPSA) is 66.4 Å². The van der Waals surface area contributed by atoms with Gasteiger partial charge >= 0.3 is 134 Å². The zero-order chi connectivity index (χ0) is 13.2. The Bertz CT molecular complexity index is 367. The van der Waals surface area contributed by atoms with Gasteiger partial charge in [0, 0.05) is 0 Å². The van der Waals surface area contributed by atoms with E-state index in [9.17, 15) is 13.0 Å². The smallest absolute Gasteiger partial charge is 1.00 e. The number of hydrogen-bond acceptors (Lipinski definition) is 4. The molecule has 96 valence electrons. The summed E-state index contributed by atoms with van der Waals surface area (Å²) in [6.45, 7) is 6.41. The molecular weight excluding hydrogens is 374 g/mol. The molecule has 0 fully saturated rings. The second kappa shape index (κ2) is 7.42. The molecule has 0 rings (SSSR count). The summed E-state index contributed by atoms with van der Waals surface area (Å²) in [5.74, 6) is 0. The van der Waals surface area contributed by atoms with Crippen LogP contribution in [0.25, 0.3) is 0 Å². The molecule has 0 aliphatic heterocycles. The van der Waals surface area contributed by atoms with Crippen LogP contribution in [0.5, 0.6) is 0 Å². The van der Waals surface area contributed by atoms with E-state index in [1.54, 1.807) is 0 Å². The van der Waals surface area contributed by atoms with Gasteiger partial charge in [-0.2, -0.15) is 0 Å². The first kappa shape index (κ1) is 20.9. The predicted molar refractivity (Wildman–Crippen MR) is 70.4 cm³/mol. The van der Waals surface area contributed by atoms with E-state index in [2.05, 4.69) is 14.8 Å². The molecule has 0 aliphatic rings. The van der Waals surface area contributed by atoms with Crippen LogP contribution >= 0.6 is 0 Å². The summed E-state index contributed by atoms with van der Waals surface area (Å²) < 4.78 is 38.7. The van der Waals surface area contributed by atoms with Crippen molar-refractivity contribution < 1.29 is 47.0 Å². The normalized spacial score (nSPS) is 14.4. The Hall–Kier alpha value is 1.63. The zero-order valence-electron chi connectivity index (χ0n) is 11.8. The van der Waals surface area contributed by atoms with Gasteiger partial charge in [0.2, 0.25) is 0 Å². The van der Waals surface area contributed by atoms with Crippen molar-refractivity contribution in [1.29, 1.82) is 0 Å². The molecule has 0 spiro atoms. The molecule has 0 aromatic carbocycles. The molecule has 0 N–H and O–H groups in total. The average Bonchev–Trinajstić information content (AvgIpc) is 1.91. The molecule has 0 unspecified atom stereocenters. The van der Waals surface area contributed by atoms with E-state index >= 15 is 0 Å². The standard InChI is InChI=1S/C6H13O4SSi.3CH3.Na.Sn/c1-12(2,3)10-5-4-6-11(7,8)9;;;;;/h6H,5H2,1-3H3,(H,7,8,9);3*1H3;;/q;;;;+1;/p-1. The van der Waals surface area contributed by atoms with Crippen LogP contribution in [0.2, 0.25) is 34.5 Å². The van der Waals surface area contributed by atoms with Gasteiger partial charge < -0.3 is 0 Å². The fourth-order valence-corrected chi connectivity index (χ4v) is 8.37. The second-order valence-corrected chi connectivity index (χ2v) is 26.2. The first-order valence-electron chi connectivity index (χ1n) is 5.12. The minimum atomic E-state index is -4.30. The summed E-state index contributed by atoms with van der Waals surface area (Å²) in [5.41, 5.74) is 0. The molecule has 0 saturated heterocycles. The van der Waals surface area contributed by atoms with Gasteiger partial charge in [-0.05, 0) is 0 Å². The van der Waals surface area contributed by atoms with Crippen LogP contribution in [0.15, 0.2) is 9.00 Å². The Morgan fingerprint density at radius 2 is 1.71 bits per heavy atom. The van der Waals surface area contributed by atoms with Crippen molar-refractivity contribution in [3.05, 3.63) is 9.00 Å². The Balaban J connectivity index is 0. The van der Waals surface area contributed by atoms with Crippen LogP contribution < -0.4 is 29.6 Å². The zero-order valence-corrected chi connectivity index (χ0v) is 18.5. The molecular formula is C9H21NaO4SSiSn. The number of hydrogen-bond donors (Lipinski definition) is 0. The fourth-order valence-electron chi connectivity index (χ4n) is 0.896.